The quantitative estimate of drug-likeness (QED) is 0.873. The van der Waals surface area contributed by atoms with E-state index in [2.05, 4.69) is 17.9 Å². The van der Waals surface area contributed by atoms with E-state index in [0.717, 1.165) is 51.3 Å². The molecule has 0 aromatic heterocycles. The second kappa shape index (κ2) is 7.41. The number of amides is 1. The minimum Gasteiger partial charge on any atom is -0.340 e. The molecule has 0 saturated carbocycles. The maximum atomic E-state index is 12.3. The molecule has 2 rings (SSSR count). The molecule has 0 unspecified atom stereocenters. The second-order valence-corrected chi connectivity index (χ2v) is 5.47. The van der Waals surface area contributed by atoms with Crippen LogP contribution in [0.25, 0.3) is 0 Å². The Bertz CT molecular complexity index is 439. The third-order valence-corrected chi connectivity index (χ3v) is 4.01. The molecule has 4 nitrogen and oxygen atoms in total. The van der Waals surface area contributed by atoms with Crippen molar-refractivity contribution in [2.75, 3.05) is 39.3 Å². The molecule has 1 aromatic carbocycles. The summed E-state index contributed by atoms with van der Waals surface area (Å²) in [5, 5.41) is 0. The van der Waals surface area contributed by atoms with E-state index in [0.29, 0.717) is 6.42 Å². The number of nitrogens with two attached hydrogens (primary N) is 1. The molecule has 2 N–H and O–H groups in total. The topological polar surface area (TPSA) is 49.6 Å². The first kappa shape index (κ1) is 15.0. The molecule has 4 heteroatoms. The van der Waals surface area contributed by atoms with Crippen molar-refractivity contribution in [1.82, 2.24) is 9.80 Å². The summed E-state index contributed by atoms with van der Waals surface area (Å²) in [6.45, 7) is 7.49. The van der Waals surface area contributed by atoms with Crippen molar-refractivity contribution in [3.05, 3.63) is 35.4 Å². The average molecular weight is 275 g/mol. The fourth-order valence-corrected chi connectivity index (χ4v) is 2.62. The van der Waals surface area contributed by atoms with Gasteiger partial charge in [-0.1, -0.05) is 24.3 Å². The maximum Gasteiger partial charge on any atom is 0.227 e. The first-order valence-electron chi connectivity index (χ1n) is 7.45. The summed E-state index contributed by atoms with van der Waals surface area (Å²) in [5.41, 5.74) is 7.87. The van der Waals surface area contributed by atoms with Gasteiger partial charge in [-0.25, -0.2) is 0 Å². The molecule has 0 aliphatic carbocycles. The summed E-state index contributed by atoms with van der Waals surface area (Å²) < 4.78 is 0. The Kier molecular flexibility index (Phi) is 5.56. The van der Waals surface area contributed by atoms with Crippen LogP contribution in [0.1, 0.15) is 17.5 Å². The van der Waals surface area contributed by atoms with E-state index in [1.807, 2.05) is 23.1 Å². The van der Waals surface area contributed by atoms with Crippen molar-refractivity contribution in [2.45, 2.75) is 19.8 Å². The largest absolute Gasteiger partial charge is 0.340 e. The molecule has 1 saturated heterocycles. The Balaban J connectivity index is 1.82. The Morgan fingerprint density at radius 3 is 2.55 bits per heavy atom. The molecule has 0 spiro atoms. The summed E-state index contributed by atoms with van der Waals surface area (Å²) in [6.07, 6.45) is 1.56. The van der Waals surface area contributed by atoms with E-state index in [9.17, 15) is 4.79 Å². The van der Waals surface area contributed by atoms with Gasteiger partial charge in [0.05, 0.1) is 6.42 Å². The number of carbonyl (C=O) groups is 1. The van der Waals surface area contributed by atoms with Crippen LogP contribution in [0.15, 0.2) is 24.3 Å². The highest BCUT2D eigenvalue weighted by atomic mass is 16.2. The number of aryl methyl sites for hydroxylation is 1. The van der Waals surface area contributed by atoms with Crippen LogP contribution in [-0.4, -0.2) is 55.0 Å². The zero-order valence-corrected chi connectivity index (χ0v) is 12.3. The van der Waals surface area contributed by atoms with E-state index >= 15 is 0 Å². The number of rotatable bonds is 5. The predicted octanol–water partition coefficient (Wildman–Crippen LogP) is 1.03. The van der Waals surface area contributed by atoms with E-state index in [4.69, 9.17) is 5.73 Å². The van der Waals surface area contributed by atoms with Crippen molar-refractivity contribution >= 4 is 5.91 Å². The number of hydrogen-bond acceptors (Lipinski definition) is 3. The maximum absolute atomic E-state index is 12.3. The summed E-state index contributed by atoms with van der Waals surface area (Å²) in [5.74, 6) is 0.248. The van der Waals surface area contributed by atoms with E-state index in [-0.39, 0.29) is 5.91 Å². The minimum absolute atomic E-state index is 0.248. The van der Waals surface area contributed by atoms with E-state index < -0.39 is 0 Å². The third kappa shape index (κ3) is 4.05. The highest BCUT2D eigenvalue weighted by molar-refractivity contribution is 5.79. The van der Waals surface area contributed by atoms with Crippen LogP contribution >= 0.6 is 0 Å². The zero-order chi connectivity index (χ0) is 14.4. The average Bonchev–Trinajstić information content (AvgIpc) is 2.48. The molecule has 0 atom stereocenters. The second-order valence-electron chi connectivity index (χ2n) is 5.47. The lowest BCUT2D eigenvalue weighted by Crippen LogP contribution is -2.49. The molecule has 1 amide bonds. The molecular weight excluding hydrogens is 250 g/mol. The lowest BCUT2D eigenvalue weighted by atomic mass is 10.1. The molecule has 110 valence electrons. The highest BCUT2D eigenvalue weighted by Crippen LogP contribution is 2.11. The van der Waals surface area contributed by atoms with Gasteiger partial charge in [-0.2, -0.15) is 0 Å². The van der Waals surface area contributed by atoms with Gasteiger partial charge >= 0.3 is 0 Å². The molecule has 1 heterocycles. The SMILES string of the molecule is Cc1ccccc1CC(=O)N1CCN(CCCN)CC1. The molecule has 0 radical (unpaired) electrons. The van der Waals surface area contributed by atoms with Crippen LogP contribution in [0.5, 0.6) is 0 Å². The van der Waals surface area contributed by atoms with Gasteiger partial charge in [0.1, 0.15) is 0 Å². The number of carbonyl (C=O) groups excluding carboxylic acids is 1. The van der Waals surface area contributed by atoms with Crippen molar-refractivity contribution in [3.8, 4) is 0 Å². The van der Waals surface area contributed by atoms with Gasteiger partial charge in [0.15, 0.2) is 0 Å². The standard InChI is InChI=1S/C16H25N3O/c1-14-5-2-3-6-15(14)13-16(20)19-11-9-18(10-12-19)8-4-7-17/h2-3,5-6H,4,7-13,17H2,1H3. The van der Waals surface area contributed by atoms with Crippen LogP contribution in [0.2, 0.25) is 0 Å². The predicted molar refractivity (Wildman–Crippen MR) is 81.6 cm³/mol. The smallest absolute Gasteiger partial charge is 0.227 e. The lowest BCUT2D eigenvalue weighted by Gasteiger charge is -2.34. The monoisotopic (exact) mass is 275 g/mol. The van der Waals surface area contributed by atoms with Gasteiger partial charge in [0.2, 0.25) is 5.91 Å². The third-order valence-electron chi connectivity index (χ3n) is 4.01. The lowest BCUT2D eigenvalue weighted by molar-refractivity contribution is -0.132. The van der Waals surface area contributed by atoms with Crippen molar-refractivity contribution in [3.63, 3.8) is 0 Å². The molecule has 20 heavy (non-hydrogen) atoms. The molecule has 1 fully saturated rings. The zero-order valence-electron chi connectivity index (χ0n) is 12.3. The van der Waals surface area contributed by atoms with Crippen LogP contribution < -0.4 is 5.73 Å². The van der Waals surface area contributed by atoms with Crippen LogP contribution in [0.4, 0.5) is 0 Å². The van der Waals surface area contributed by atoms with Gasteiger partial charge in [-0.15, -0.1) is 0 Å². The van der Waals surface area contributed by atoms with Crippen LogP contribution in [-0.2, 0) is 11.2 Å². The van der Waals surface area contributed by atoms with Gasteiger partial charge in [-0.3, -0.25) is 9.69 Å². The first-order valence-corrected chi connectivity index (χ1v) is 7.45. The minimum atomic E-state index is 0.248. The Morgan fingerprint density at radius 1 is 1.20 bits per heavy atom. The fourth-order valence-electron chi connectivity index (χ4n) is 2.62. The van der Waals surface area contributed by atoms with Gasteiger partial charge in [0.25, 0.3) is 0 Å². The van der Waals surface area contributed by atoms with Gasteiger partial charge < -0.3 is 10.6 Å². The fraction of sp³-hybridized carbons (Fsp3) is 0.562. The molecule has 1 aliphatic rings. The summed E-state index contributed by atoms with van der Waals surface area (Å²) >= 11 is 0. The Hall–Kier alpha value is -1.39. The normalized spacial score (nSPS) is 16.4. The van der Waals surface area contributed by atoms with Crippen LogP contribution in [0, 0.1) is 6.92 Å². The van der Waals surface area contributed by atoms with Gasteiger partial charge in [-0.05, 0) is 37.6 Å². The van der Waals surface area contributed by atoms with Crippen molar-refractivity contribution in [2.24, 2.45) is 5.73 Å². The van der Waals surface area contributed by atoms with Gasteiger partial charge in [0, 0.05) is 26.2 Å². The molecule has 0 bridgehead atoms. The Morgan fingerprint density at radius 2 is 1.90 bits per heavy atom. The summed E-state index contributed by atoms with van der Waals surface area (Å²) in [7, 11) is 0. The molecule has 1 aromatic rings. The first-order chi connectivity index (χ1) is 9.70. The number of benzene rings is 1. The molecule has 1 aliphatic heterocycles. The van der Waals surface area contributed by atoms with Crippen molar-refractivity contribution < 1.29 is 4.79 Å². The number of hydrogen-bond donors (Lipinski definition) is 1. The summed E-state index contributed by atoms with van der Waals surface area (Å²) in [6, 6.07) is 8.12. The highest BCUT2D eigenvalue weighted by Gasteiger charge is 2.20. The van der Waals surface area contributed by atoms with E-state index in [1.165, 1.54) is 5.56 Å². The summed E-state index contributed by atoms with van der Waals surface area (Å²) in [4.78, 5) is 16.7. The van der Waals surface area contributed by atoms with E-state index in [1.54, 1.807) is 0 Å². The Labute approximate surface area is 121 Å². The molecular formula is C16H25N3O. The van der Waals surface area contributed by atoms with Crippen LogP contribution in [0.3, 0.4) is 0 Å². The van der Waals surface area contributed by atoms with Crippen molar-refractivity contribution in [1.29, 1.82) is 0 Å². The number of nitrogens with zero attached hydrogens (tertiary/aromatic N) is 2. The number of piperazine rings is 1.